The molecule has 0 aliphatic heterocycles. The van der Waals surface area contributed by atoms with Gasteiger partial charge in [0.1, 0.15) is 23.9 Å². The normalized spacial score (nSPS) is 10.4. The fourth-order valence-corrected chi connectivity index (χ4v) is 2.56. The lowest BCUT2D eigenvalue weighted by atomic mass is 10.2. The summed E-state index contributed by atoms with van der Waals surface area (Å²) >= 11 is 0. The number of rotatable bonds is 8. The molecule has 27 heavy (non-hydrogen) atoms. The standard InChI is InChI=1S/C21H22N2O4/c1-15-19(23-21(27-15)16-7-4-3-5-8-16)14-20(24)22-11-12-26-18-10-6-9-17(13-18)25-2/h3-10,13H,11-12,14H2,1-2H3,(H,22,24). The van der Waals surface area contributed by atoms with Crippen LogP contribution in [0.25, 0.3) is 11.5 Å². The summed E-state index contributed by atoms with van der Waals surface area (Å²) in [4.78, 5) is 16.6. The number of carbonyl (C=O) groups is 1. The Balaban J connectivity index is 1.47. The average Bonchev–Trinajstić information content (AvgIpc) is 3.06. The SMILES string of the molecule is COc1cccc(OCCNC(=O)Cc2nc(-c3ccccc3)oc2C)c1. The third-order valence-electron chi connectivity index (χ3n) is 3.98. The van der Waals surface area contributed by atoms with E-state index in [1.165, 1.54) is 0 Å². The monoisotopic (exact) mass is 366 g/mol. The van der Waals surface area contributed by atoms with Gasteiger partial charge in [0.15, 0.2) is 0 Å². The molecule has 0 aliphatic carbocycles. The second-order valence-electron chi connectivity index (χ2n) is 5.94. The zero-order valence-corrected chi connectivity index (χ0v) is 15.4. The molecule has 1 amide bonds. The minimum Gasteiger partial charge on any atom is -0.497 e. The number of ether oxygens (including phenoxy) is 2. The molecule has 0 spiro atoms. The van der Waals surface area contributed by atoms with E-state index in [9.17, 15) is 4.79 Å². The average molecular weight is 366 g/mol. The third-order valence-corrected chi connectivity index (χ3v) is 3.98. The van der Waals surface area contributed by atoms with Crippen LogP contribution in [0.2, 0.25) is 0 Å². The number of methoxy groups -OCH3 is 1. The van der Waals surface area contributed by atoms with Crippen molar-refractivity contribution in [3.05, 3.63) is 66.1 Å². The Morgan fingerprint density at radius 3 is 2.67 bits per heavy atom. The number of benzene rings is 2. The number of hydrogen-bond donors (Lipinski definition) is 1. The molecule has 1 N–H and O–H groups in total. The van der Waals surface area contributed by atoms with E-state index >= 15 is 0 Å². The molecule has 0 saturated heterocycles. The van der Waals surface area contributed by atoms with Crippen molar-refractivity contribution in [2.45, 2.75) is 13.3 Å². The van der Waals surface area contributed by atoms with Gasteiger partial charge in [0, 0.05) is 11.6 Å². The Hall–Kier alpha value is -3.28. The Labute approximate surface area is 158 Å². The van der Waals surface area contributed by atoms with Gasteiger partial charge in [-0.15, -0.1) is 0 Å². The summed E-state index contributed by atoms with van der Waals surface area (Å²) < 4.78 is 16.4. The first-order valence-corrected chi connectivity index (χ1v) is 8.71. The minimum atomic E-state index is -0.125. The molecule has 6 heteroatoms. The van der Waals surface area contributed by atoms with Crippen LogP contribution in [0.5, 0.6) is 11.5 Å². The molecule has 0 radical (unpaired) electrons. The third kappa shape index (κ3) is 5.10. The van der Waals surface area contributed by atoms with Gasteiger partial charge < -0.3 is 19.2 Å². The van der Waals surface area contributed by atoms with E-state index in [2.05, 4.69) is 10.3 Å². The molecule has 0 atom stereocenters. The van der Waals surface area contributed by atoms with E-state index in [0.29, 0.717) is 36.2 Å². The van der Waals surface area contributed by atoms with Crippen molar-refractivity contribution in [2.75, 3.05) is 20.3 Å². The minimum absolute atomic E-state index is 0.125. The van der Waals surface area contributed by atoms with Gasteiger partial charge in [-0.05, 0) is 31.2 Å². The maximum atomic E-state index is 12.2. The van der Waals surface area contributed by atoms with Crippen molar-refractivity contribution < 1.29 is 18.7 Å². The number of aromatic nitrogens is 1. The summed E-state index contributed by atoms with van der Waals surface area (Å²) in [5.41, 5.74) is 1.53. The fourth-order valence-electron chi connectivity index (χ4n) is 2.56. The second-order valence-corrected chi connectivity index (χ2v) is 5.94. The number of carbonyl (C=O) groups excluding carboxylic acids is 1. The maximum Gasteiger partial charge on any atom is 0.226 e. The van der Waals surface area contributed by atoms with E-state index in [-0.39, 0.29) is 12.3 Å². The first-order chi connectivity index (χ1) is 13.2. The summed E-state index contributed by atoms with van der Waals surface area (Å²) in [7, 11) is 1.61. The molecule has 1 heterocycles. The van der Waals surface area contributed by atoms with Gasteiger partial charge in [-0.1, -0.05) is 24.3 Å². The summed E-state index contributed by atoms with van der Waals surface area (Å²) in [6.45, 7) is 2.58. The molecule has 3 rings (SSSR count). The van der Waals surface area contributed by atoms with Gasteiger partial charge in [-0.25, -0.2) is 4.98 Å². The summed E-state index contributed by atoms with van der Waals surface area (Å²) in [5.74, 6) is 2.48. The van der Waals surface area contributed by atoms with Gasteiger partial charge in [0.2, 0.25) is 11.8 Å². The lowest BCUT2D eigenvalue weighted by Crippen LogP contribution is -2.29. The van der Waals surface area contributed by atoms with Crippen LogP contribution in [0, 0.1) is 6.92 Å². The highest BCUT2D eigenvalue weighted by atomic mass is 16.5. The van der Waals surface area contributed by atoms with Gasteiger partial charge in [-0.3, -0.25) is 4.79 Å². The number of nitrogens with zero attached hydrogens (tertiary/aromatic N) is 1. The largest absolute Gasteiger partial charge is 0.497 e. The van der Waals surface area contributed by atoms with Crippen LogP contribution in [0.1, 0.15) is 11.5 Å². The number of amides is 1. The quantitative estimate of drug-likeness (QED) is 0.619. The summed E-state index contributed by atoms with van der Waals surface area (Å²) in [6, 6.07) is 17.0. The van der Waals surface area contributed by atoms with Crippen molar-refractivity contribution in [1.82, 2.24) is 10.3 Å². The first kappa shape index (κ1) is 18.5. The Kier molecular flexibility index (Phi) is 6.10. The van der Waals surface area contributed by atoms with E-state index in [0.717, 1.165) is 11.3 Å². The summed E-state index contributed by atoms with van der Waals surface area (Å²) in [6.07, 6.45) is 0.168. The number of nitrogens with one attached hydrogen (secondary N) is 1. The van der Waals surface area contributed by atoms with Crippen molar-refractivity contribution in [1.29, 1.82) is 0 Å². The smallest absolute Gasteiger partial charge is 0.226 e. The molecule has 2 aromatic carbocycles. The number of oxazole rings is 1. The molecule has 140 valence electrons. The van der Waals surface area contributed by atoms with Crippen LogP contribution in [-0.4, -0.2) is 31.2 Å². The molecule has 0 aliphatic rings. The highest BCUT2D eigenvalue weighted by Crippen LogP contribution is 2.21. The fraction of sp³-hybridized carbons (Fsp3) is 0.238. The lowest BCUT2D eigenvalue weighted by molar-refractivity contribution is -0.120. The van der Waals surface area contributed by atoms with Crippen LogP contribution in [0.15, 0.2) is 59.0 Å². The van der Waals surface area contributed by atoms with Crippen molar-refractivity contribution in [3.63, 3.8) is 0 Å². The lowest BCUT2D eigenvalue weighted by Gasteiger charge is -2.08. The van der Waals surface area contributed by atoms with Crippen molar-refractivity contribution >= 4 is 5.91 Å². The Bertz CT molecular complexity index is 890. The molecule has 0 bridgehead atoms. The Morgan fingerprint density at radius 2 is 1.89 bits per heavy atom. The van der Waals surface area contributed by atoms with Gasteiger partial charge in [0.05, 0.1) is 25.8 Å². The molecule has 0 saturated carbocycles. The molecule has 6 nitrogen and oxygen atoms in total. The molecule has 0 unspecified atom stereocenters. The highest BCUT2D eigenvalue weighted by Gasteiger charge is 2.14. The molecule has 3 aromatic rings. The predicted octanol–water partition coefficient (Wildman–Crippen LogP) is 3.40. The number of hydrogen-bond acceptors (Lipinski definition) is 5. The van der Waals surface area contributed by atoms with E-state index in [4.69, 9.17) is 13.9 Å². The van der Waals surface area contributed by atoms with E-state index < -0.39 is 0 Å². The number of aryl methyl sites for hydroxylation is 1. The van der Waals surface area contributed by atoms with Crippen LogP contribution >= 0.6 is 0 Å². The van der Waals surface area contributed by atoms with E-state index in [1.54, 1.807) is 13.2 Å². The maximum absolute atomic E-state index is 12.2. The summed E-state index contributed by atoms with van der Waals surface area (Å²) in [5, 5.41) is 2.83. The van der Waals surface area contributed by atoms with E-state index in [1.807, 2.05) is 55.5 Å². The Morgan fingerprint density at radius 1 is 1.11 bits per heavy atom. The molecule has 0 fully saturated rings. The van der Waals surface area contributed by atoms with Crippen LogP contribution in [0.4, 0.5) is 0 Å². The molecule has 1 aromatic heterocycles. The predicted molar refractivity (Wildman–Crippen MR) is 102 cm³/mol. The van der Waals surface area contributed by atoms with Gasteiger partial charge >= 0.3 is 0 Å². The van der Waals surface area contributed by atoms with Crippen molar-refractivity contribution in [3.8, 4) is 23.0 Å². The first-order valence-electron chi connectivity index (χ1n) is 8.71. The van der Waals surface area contributed by atoms with Gasteiger partial charge in [0.25, 0.3) is 0 Å². The zero-order chi connectivity index (χ0) is 19.1. The molecular formula is C21H22N2O4. The highest BCUT2D eigenvalue weighted by molar-refractivity contribution is 5.78. The topological polar surface area (TPSA) is 73.6 Å². The van der Waals surface area contributed by atoms with Crippen LogP contribution in [-0.2, 0) is 11.2 Å². The second kappa shape index (κ2) is 8.89. The van der Waals surface area contributed by atoms with Crippen molar-refractivity contribution in [2.24, 2.45) is 0 Å². The van der Waals surface area contributed by atoms with Crippen LogP contribution < -0.4 is 14.8 Å². The zero-order valence-electron chi connectivity index (χ0n) is 15.4. The van der Waals surface area contributed by atoms with Crippen LogP contribution in [0.3, 0.4) is 0 Å². The molecular weight excluding hydrogens is 344 g/mol. The van der Waals surface area contributed by atoms with Gasteiger partial charge in [-0.2, -0.15) is 0 Å².